The third-order valence-electron chi connectivity index (χ3n) is 8.43. The minimum absolute atomic E-state index is 0.00912. The minimum Gasteiger partial charge on any atom is -0.480 e. The monoisotopic (exact) mass is 435 g/mol. The number of hydrogen-bond acceptors (Lipinski definition) is 7. The molecule has 0 unspecified atom stereocenters. The maximum atomic E-state index is 12.4. The van der Waals surface area contributed by atoms with Gasteiger partial charge in [0.15, 0.2) is 11.6 Å². The fourth-order valence-corrected chi connectivity index (χ4v) is 6.92. The first kappa shape index (κ1) is 23.8. The molecule has 0 aliphatic heterocycles. The molecule has 0 radical (unpaired) electrons. The number of nitrogens with two attached hydrogens (primary N) is 1. The molecular weight excluding hydrogens is 402 g/mol. The molecule has 3 fully saturated rings. The summed E-state index contributed by atoms with van der Waals surface area (Å²) in [5.74, 6) is -1.19. The largest absolute Gasteiger partial charge is 0.480 e. The highest BCUT2D eigenvalue weighted by Gasteiger charge is 2.67. The van der Waals surface area contributed by atoms with Crippen molar-refractivity contribution >= 4 is 17.5 Å². The lowest BCUT2D eigenvalue weighted by Crippen LogP contribution is -2.61. The number of carbonyl (C=O) groups is 3. The minimum atomic E-state index is -1.56. The molecule has 0 bridgehead atoms. The van der Waals surface area contributed by atoms with Crippen LogP contribution in [-0.2, 0) is 14.4 Å². The van der Waals surface area contributed by atoms with Crippen molar-refractivity contribution < 1.29 is 34.8 Å². The zero-order valence-electron chi connectivity index (χ0n) is 18.1. The summed E-state index contributed by atoms with van der Waals surface area (Å²) < 4.78 is 0. The summed E-state index contributed by atoms with van der Waals surface area (Å²) in [5, 5.41) is 39.3. The van der Waals surface area contributed by atoms with Crippen molar-refractivity contribution in [2.75, 3.05) is 13.2 Å². The number of fused-ring (bicyclic) bond motifs is 5. The number of ketones is 2. The van der Waals surface area contributed by atoms with Crippen LogP contribution in [0, 0.1) is 28.6 Å². The van der Waals surface area contributed by atoms with E-state index in [-0.39, 0.29) is 35.5 Å². The molecule has 172 valence electrons. The summed E-state index contributed by atoms with van der Waals surface area (Å²) in [6.45, 7) is 3.06. The standard InChI is InChI=1S/C21H28O5.C2H5NO2/c1-19-7-5-13(23)9-12(19)3-4-14-15-6-8-21(26,17(25)11-22)20(15,2)10-16(24)18(14)19;3-1-2(4)5/h5,7,9,14-16,18,22,24,26H,3-4,6,8,10-11H2,1-2H3;1,3H2,(H,4,5)/t14-,15-,16-,18+,19-,20-,21-;/m0./s1. The van der Waals surface area contributed by atoms with Crippen molar-refractivity contribution in [1.29, 1.82) is 0 Å². The number of carboxylic acid groups (broad SMARTS) is 1. The normalized spacial score (nSPS) is 43.0. The van der Waals surface area contributed by atoms with Crippen LogP contribution in [0.4, 0.5) is 0 Å². The van der Waals surface area contributed by atoms with E-state index in [4.69, 9.17) is 5.11 Å². The molecule has 4 aliphatic rings. The highest BCUT2D eigenvalue weighted by molar-refractivity contribution is 6.01. The van der Waals surface area contributed by atoms with Gasteiger partial charge in [0.25, 0.3) is 0 Å². The Bertz CT molecular complexity index is 836. The van der Waals surface area contributed by atoms with Crippen LogP contribution in [-0.4, -0.2) is 62.8 Å². The van der Waals surface area contributed by atoms with Gasteiger partial charge in [-0.3, -0.25) is 14.4 Å². The van der Waals surface area contributed by atoms with Gasteiger partial charge in [0.05, 0.1) is 12.6 Å². The fourth-order valence-electron chi connectivity index (χ4n) is 6.92. The summed E-state index contributed by atoms with van der Waals surface area (Å²) >= 11 is 0. The van der Waals surface area contributed by atoms with Gasteiger partial charge >= 0.3 is 5.97 Å². The van der Waals surface area contributed by atoms with Gasteiger partial charge in [-0.25, -0.2) is 0 Å². The van der Waals surface area contributed by atoms with Gasteiger partial charge in [0.1, 0.15) is 12.2 Å². The molecule has 31 heavy (non-hydrogen) atoms. The van der Waals surface area contributed by atoms with Gasteiger partial charge in [-0.2, -0.15) is 0 Å². The summed E-state index contributed by atoms with van der Waals surface area (Å²) in [6.07, 6.45) is 7.68. The third-order valence-corrected chi connectivity index (χ3v) is 8.43. The van der Waals surface area contributed by atoms with Gasteiger partial charge in [-0.15, -0.1) is 0 Å². The van der Waals surface area contributed by atoms with E-state index < -0.39 is 35.5 Å². The molecule has 8 nitrogen and oxygen atoms in total. The van der Waals surface area contributed by atoms with E-state index in [2.05, 4.69) is 12.7 Å². The van der Waals surface area contributed by atoms with E-state index in [0.29, 0.717) is 12.8 Å². The average molecular weight is 436 g/mol. The number of hydrogen-bond donors (Lipinski definition) is 5. The second-order valence-electron chi connectivity index (χ2n) is 9.79. The second kappa shape index (κ2) is 8.24. The molecule has 0 heterocycles. The zero-order chi connectivity index (χ0) is 23.2. The van der Waals surface area contributed by atoms with E-state index >= 15 is 0 Å². The van der Waals surface area contributed by atoms with Crippen LogP contribution in [0.2, 0.25) is 0 Å². The first-order valence-corrected chi connectivity index (χ1v) is 10.9. The lowest BCUT2D eigenvalue weighted by Gasteiger charge is -2.59. The number of carbonyl (C=O) groups excluding carboxylic acids is 2. The number of aliphatic hydroxyl groups excluding tert-OH is 2. The van der Waals surface area contributed by atoms with Crippen LogP contribution >= 0.6 is 0 Å². The highest BCUT2D eigenvalue weighted by Crippen LogP contribution is 2.67. The zero-order valence-corrected chi connectivity index (χ0v) is 18.1. The maximum absolute atomic E-state index is 12.4. The Morgan fingerprint density at radius 2 is 1.90 bits per heavy atom. The number of carboxylic acids is 1. The third kappa shape index (κ3) is 3.59. The molecular formula is C23H33NO7. The van der Waals surface area contributed by atoms with Crippen LogP contribution in [0.1, 0.15) is 46.0 Å². The lowest BCUT2D eigenvalue weighted by atomic mass is 9.46. The molecule has 4 aliphatic carbocycles. The van der Waals surface area contributed by atoms with E-state index in [1.165, 1.54) is 0 Å². The Balaban J connectivity index is 0.000000491. The molecule has 0 saturated heterocycles. The van der Waals surface area contributed by atoms with E-state index in [1.54, 1.807) is 12.2 Å². The molecule has 0 aromatic rings. The molecule has 0 amide bonds. The quantitative estimate of drug-likeness (QED) is 0.431. The van der Waals surface area contributed by atoms with Crippen molar-refractivity contribution in [3.05, 3.63) is 23.8 Å². The number of allylic oxidation sites excluding steroid dienone is 4. The van der Waals surface area contributed by atoms with Crippen molar-refractivity contribution in [2.24, 2.45) is 34.3 Å². The SMILES string of the molecule is C[C@]12C=CC(=O)C=C1CC[C@@H]1[C@@H]2[C@@H](O)C[C@@]2(C)[C@H]1CC[C@]2(O)C(=O)CO.NCC(=O)O. The summed E-state index contributed by atoms with van der Waals surface area (Å²) in [5.41, 5.74) is 3.03. The van der Waals surface area contributed by atoms with Gasteiger partial charge in [0.2, 0.25) is 0 Å². The molecule has 6 N–H and O–H groups in total. The van der Waals surface area contributed by atoms with Gasteiger partial charge in [0, 0.05) is 16.7 Å². The molecule has 3 saturated carbocycles. The topological polar surface area (TPSA) is 158 Å². The van der Waals surface area contributed by atoms with Crippen LogP contribution < -0.4 is 5.73 Å². The number of aliphatic hydroxyl groups is 3. The predicted octanol–water partition coefficient (Wildman–Crippen LogP) is 0.587. The van der Waals surface area contributed by atoms with Crippen molar-refractivity contribution in [1.82, 2.24) is 0 Å². The molecule has 0 aromatic heterocycles. The van der Waals surface area contributed by atoms with Crippen molar-refractivity contribution in [3.63, 3.8) is 0 Å². The predicted molar refractivity (Wildman–Crippen MR) is 112 cm³/mol. The van der Waals surface area contributed by atoms with Crippen LogP contribution in [0.25, 0.3) is 0 Å². The summed E-state index contributed by atoms with van der Waals surface area (Å²) in [4.78, 5) is 33.4. The Kier molecular flexibility index (Phi) is 6.32. The molecule has 0 aromatic carbocycles. The summed E-state index contributed by atoms with van der Waals surface area (Å²) in [7, 11) is 0. The van der Waals surface area contributed by atoms with Crippen LogP contribution in [0.15, 0.2) is 23.8 Å². The molecule has 7 atom stereocenters. The Morgan fingerprint density at radius 1 is 1.26 bits per heavy atom. The Hall–Kier alpha value is -1.87. The Labute approximate surface area is 181 Å². The second-order valence-corrected chi connectivity index (χ2v) is 9.79. The van der Waals surface area contributed by atoms with Crippen LogP contribution in [0.3, 0.4) is 0 Å². The van der Waals surface area contributed by atoms with Crippen molar-refractivity contribution in [3.8, 4) is 0 Å². The molecule has 4 rings (SSSR count). The number of Topliss-reactive ketones (excluding diaryl/α,β-unsaturated/α-hetero) is 1. The van der Waals surface area contributed by atoms with E-state index in [9.17, 15) is 29.7 Å². The average Bonchev–Trinajstić information content (AvgIpc) is 2.99. The number of rotatable bonds is 3. The van der Waals surface area contributed by atoms with Crippen LogP contribution in [0.5, 0.6) is 0 Å². The lowest BCUT2D eigenvalue weighted by molar-refractivity contribution is -0.178. The van der Waals surface area contributed by atoms with Gasteiger partial charge in [-0.1, -0.05) is 25.5 Å². The fraction of sp³-hybridized carbons (Fsp3) is 0.696. The van der Waals surface area contributed by atoms with Crippen molar-refractivity contribution in [2.45, 2.75) is 57.7 Å². The van der Waals surface area contributed by atoms with Gasteiger partial charge < -0.3 is 26.2 Å². The molecule has 8 heteroatoms. The first-order chi connectivity index (χ1) is 14.4. The maximum Gasteiger partial charge on any atom is 0.317 e. The van der Waals surface area contributed by atoms with Gasteiger partial charge in [-0.05, 0) is 56.1 Å². The van der Waals surface area contributed by atoms with E-state index in [1.807, 2.05) is 13.0 Å². The first-order valence-electron chi connectivity index (χ1n) is 10.9. The highest BCUT2D eigenvalue weighted by atomic mass is 16.4. The smallest absolute Gasteiger partial charge is 0.317 e. The summed E-state index contributed by atoms with van der Waals surface area (Å²) in [6, 6.07) is 0. The Morgan fingerprint density at radius 3 is 2.48 bits per heavy atom. The number of aliphatic carboxylic acids is 1. The van der Waals surface area contributed by atoms with E-state index in [0.717, 1.165) is 24.8 Å². The molecule has 0 spiro atoms.